The highest BCUT2D eigenvalue weighted by Gasteiger charge is 2.29. The number of piperazine rings is 1. The number of carbonyl (C=O) groups excluding carboxylic acids is 1. The first kappa shape index (κ1) is 25.6. The second-order valence-electron chi connectivity index (χ2n) is 10.3. The zero-order chi connectivity index (χ0) is 26.8. The molecule has 1 amide bonds. The molecule has 39 heavy (non-hydrogen) atoms. The van der Waals surface area contributed by atoms with E-state index in [0.717, 1.165) is 41.0 Å². The number of carbonyl (C=O) groups is 1. The number of rotatable bonds is 8. The minimum Gasteiger partial charge on any atom is -0.366 e. The minimum atomic E-state index is -0.224. The van der Waals surface area contributed by atoms with Gasteiger partial charge < -0.3 is 14.7 Å². The van der Waals surface area contributed by atoms with Gasteiger partial charge in [-0.25, -0.2) is 14.4 Å². The number of halogens is 2. The molecule has 2 aliphatic rings. The number of benzene rings is 3. The molecule has 1 aliphatic heterocycles. The highest BCUT2D eigenvalue weighted by Crippen LogP contribution is 2.40. The molecular formula is C31H31ClFN5O. The zero-order valence-corrected chi connectivity index (χ0v) is 22.5. The maximum atomic E-state index is 14.2. The summed E-state index contributed by atoms with van der Waals surface area (Å²) in [6.07, 6.45) is 2.56. The molecule has 0 bridgehead atoms. The molecule has 3 aromatic carbocycles. The van der Waals surface area contributed by atoms with Crippen LogP contribution in [0.15, 0.2) is 72.8 Å². The molecule has 0 spiro atoms. The summed E-state index contributed by atoms with van der Waals surface area (Å²) in [5.74, 6) is 1.97. The average Bonchev–Trinajstić information content (AvgIpc) is 3.81. The van der Waals surface area contributed by atoms with E-state index in [0.29, 0.717) is 62.3 Å². The molecule has 8 heteroatoms. The van der Waals surface area contributed by atoms with Crippen molar-refractivity contribution in [1.82, 2.24) is 14.9 Å². The summed E-state index contributed by atoms with van der Waals surface area (Å²) < 4.78 is 14.2. The van der Waals surface area contributed by atoms with Gasteiger partial charge in [0.1, 0.15) is 17.5 Å². The molecule has 0 unspecified atom stereocenters. The number of fused-ring (bicyclic) bond motifs is 1. The van der Waals surface area contributed by atoms with E-state index in [2.05, 4.69) is 17.0 Å². The fourth-order valence-corrected chi connectivity index (χ4v) is 5.39. The first-order valence-electron chi connectivity index (χ1n) is 13.6. The zero-order valence-electron chi connectivity index (χ0n) is 21.8. The van der Waals surface area contributed by atoms with Gasteiger partial charge in [0.25, 0.3) is 0 Å². The molecule has 1 saturated heterocycles. The number of anilines is 2. The second kappa shape index (κ2) is 11.2. The highest BCUT2D eigenvalue weighted by molar-refractivity contribution is 6.31. The summed E-state index contributed by atoms with van der Waals surface area (Å²) in [6, 6.07) is 22.8. The topological polar surface area (TPSA) is 52.6 Å². The van der Waals surface area contributed by atoms with E-state index in [1.54, 1.807) is 12.1 Å². The van der Waals surface area contributed by atoms with Gasteiger partial charge in [0, 0.05) is 62.0 Å². The van der Waals surface area contributed by atoms with Gasteiger partial charge in [0.2, 0.25) is 5.91 Å². The van der Waals surface area contributed by atoms with Gasteiger partial charge in [-0.3, -0.25) is 4.79 Å². The third-order valence-corrected chi connectivity index (χ3v) is 7.77. The fraction of sp³-hybridized carbons (Fsp3) is 0.323. The molecule has 6 rings (SSSR count). The maximum Gasteiger partial charge on any atom is 0.224 e. The molecule has 6 nitrogen and oxygen atoms in total. The van der Waals surface area contributed by atoms with Crippen molar-refractivity contribution in [3.05, 3.63) is 95.0 Å². The standard InChI is InChI=1S/C31H31ClFN5O/c32-24-12-13-25-27(20-24)34-30(23-10-11-23)35-31(25)38(21-22-6-2-1-3-7-22)15-14-29(39)37-18-16-36(17-19-37)28-9-5-4-8-26(28)33/h1-9,12-13,20,23H,10-11,14-19,21H2. The van der Waals surface area contributed by atoms with Crippen molar-refractivity contribution in [2.24, 2.45) is 0 Å². The van der Waals surface area contributed by atoms with Crippen LogP contribution in [0.2, 0.25) is 5.02 Å². The monoisotopic (exact) mass is 543 g/mol. The Kier molecular flexibility index (Phi) is 7.33. The van der Waals surface area contributed by atoms with E-state index in [-0.39, 0.29) is 11.7 Å². The third-order valence-electron chi connectivity index (χ3n) is 7.54. The first-order valence-corrected chi connectivity index (χ1v) is 14.0. The van der Waals surface area contributed by atoms with Crippen molar-refractivity contribution in [3.8, 4) is 0 Å². The Balaban J connectivity index is 1.21. The van der Waals surface area contributed by atoms with Crippen molar-refractivity contribution >= 4 is 39.9 Å². The number of hydrogen-bond acceptors (Lipinski definition) is 5. The summed E-state index contributed by atoms with van der Waals surface area (Å²) in [7, 11) is 0. The molecular weight excluding hydrogens is 513 g/mol. The molecule has 4 aromatic rings. The Bertz CT molecular complexity index is 1470. The largest absolute Gasteiger partial charge is 0.366 e. The van der Waals surface area contributed by atoms with Crippen molar-refractivity contribution in [1.29, 1.82) is 0 Å². The van der Waals surface area contributed by atoms with Crippen LogP contribution >= 0.6 is 11.6 Å². The number of para-hydroxylation sites is 1. The smallest absolute Gasteiger partial charge is 0.224 e. The lowest BCUT2D eigenvalue weighted by atomic mass is 10.1. The quantitative estimate of drug-likeness (QED) is 0.271. The van der Waals surface area contributed by atoms with Crippen LogP contribution in [0, 0.1) is 5.82 Å². The summed E-state index contributed by atoms with van der Waals surface area (Å²) in [5, 5.41) is 1.58. The summed E-state index contributed by atoms with van der Waals surface area (Å²) in [4.78, 5) is 29.3. The van der Waals surface area contributed by atoms with E-state index in [9.17, 15) is 9.18 Å². The van der Waals surface area contributed by atoms with E-state index in [4.69, 9.17) is 21.6 Å². The molecule has 0 N–H and O–H groups in total. The Morgan fingerprint density at radius 3 is 2.44 bits per heavy atom. The molecule has 1 saturated carbocycles. The lowest BCUT2D eigenvalue weighted by Gasteiger charge is -2.36. The molecule has 2 fully saturated rings. The van der Waals surface area contributed by atoms with Crippen LogP contribution in [0.4, 0.5) is 15.9 Å². The van der Waals surface area contributed by atoms with Crippen LogP contribution in [0.25, 0.3) is 10.9 Å². The van der Waals surface area contributed by atoms with Gasteiger partial charge >= 0.3 is 0 Å². The molecule has 0 radical (unpaired) electrons. The van der Waals surface area contributed by atoms with Crippen molar-refractivity contribution in [2.45, 2.75) is 31.7 Å². The normalized spacial score (nSPS) is 15.5. The highest BCUT2D eigenvalue weighted by atomic mass is 35.5. The van der Waals surface area contributed by atoms with Crippen LogP contribution in [0.5, 0.6) is 0 Å². The average molecular weight is 544 g/mol. The summed E-state index contributed by atoms with van der Waals surface area (Å²) in [6.45, 7) is 3.54. The molecule has 1 aromatic heterocycles. The van der Waals surface area contributed by atoms with Gasteiger partial charge in [0.05, 0.1) is 11.2 Å². The number of amides is 1. The van der Waals surface area contributed by atoms with Gasteiger partial charge in [-0.05, 0) is 48.7 Å². The number of hydrogen-bond donors (Lipinski definition) is 0. The van der Waals surface area contributed by atoms with E-state index >= 15 is 0 Å². The van der Waals surface area contributed by atoms with Crippen molar-refractivity contribution in [2.75, 3.05) is 42.5 Å². The van der Waals surface area contributed by atoms with Gasteiger partial charge in [-0.2, -0.15) is 0 Å². The predicted molar refractivity (Wildman–Crippen MR) is 154 cm³/mol. The lowest BCUT2D eigenvalue weighted by Crippen LogP contribution is -2.49. The minimum absolute atomic E-state index is 0.102. The van der Waals surface area contributed by atoms with Gasteiger partial charge in [-0.15, -0.1) is 0 Å². The SMILES string of the molecule is O=C(CCN(Cc1ccccc1)c1nc(C2CC2)nc2cc(Cl)ccc12)N1CCN(c2ccccc2F)CC1. The van der Waals surface area contributed by atoms with Crippen LogP contribution in [-0.2, 0) is 11.3 Å². The summed E-state index contributed by atoms with van der Waals surface area (Å²) in [5.41, 5.74) is 2.58. The number of nitrogens with zero attached hydrogens (tertiary/aromatic N) is 5. The van der Waals surface area contributed by atoms with E-state index in [1.807, 2.05) is 52.3 Å². The fourth-order valence-electron chi connectivity index (χ4n) is 5.23. The van der Waals surface area contributed by atoms with Gasteiger partial charge in [-0.1, -0.05) is 54.1 Å². The second-order valence-corrected chi connectivity index (χ2v) is 10.8. The van der Waals surface area contributed by atoms with E-state index < -0.39 is 0 Å². The Morgan fingerprint density at radius 2 is 1.69 bits per heavy atom. The van der Waals surface area contributed by atoms with Crippen molar-refractivity contribution < 1.29 is 9.18 Å². The van der Waals surface area contributed by atoms with E-state index in [1.165, 1.54) is 6.07 Å². The Morgan fingerprint density at radius 1 is 0.949 bits per heavy atom. The van der Waals surface area contributed by atoms with Crippen molar-refractivity contribution in [3.63, 3.8) is 0 Å². The molecule has 1 aliphatic carbocycles. The Labute approximate surface area is 233 Å². The lowest BCUT2D eigenvalue weighted by molar-refractivity contribution is -0.131. The van der Waals surface area contributed by atoms with Gasteiger partial charge in [0.15, 0.2) is 0 Å². The van der Waals surface area contributed by atoms with Crippen LogP contribution in [0.1, 0.15) is 36.6 Å². The summed E-state index contributed by atoms with van der Waals surface area (Å²) >= 11 is 6.33. The molecule has 200 valence electrons. The molecule has 2 heterocycles. The number of aromatic nitrogens is 2. The first-order chi connectivity index (χ1) is 19.0. The van der Waals surface area contributed by atoms with Crippen LogP contribution in [-0.4, -0.2) is 53.5 Å². The third kappa shape index (κ3) is 5.83. The van der Waals surface area contributed by atoms with Crippen LogP contribution in [0.3, 0.4) is 0 Å². The molecule has 0 atom stereocenters. The predicted octanol–water partition coefficient (Wildman–Crippen LogP) is 6.05. The Hall–Kier alpha value is -3.71. The van der Waals surface area contributed by atoms with Crippen LogP contribution < -0.4 is 9.80 Å². The maximum absolute atomic E-state index is 14.2.